The quantitative estimate of drug-likeness (QED) is 0.674. The van der Waals surface area contributed by atoms with E-state index in [0.717, 1.165) is 30.5 Å². The van der Waals surface area contributed by atoms with Crippen LogP contribution in [0.4, 0.5) is 5.82 Å². The van der Waals surface area contributed by atoms with Crippen molar-refractivity contribution in [1.29, 1.82) is 0 Å². The van der Waals surface area contributed by atoms with Crippen LogP contribution in [0.3, 0.4) is 0 Å². The van der Waals surface area contributed by atoms with E-state index in [4.69, 9.17) is 16.6 Å². The summed E-state index contributed by atoms with van der Waals surface area (Å²) in [5.41, 5.74) is 3.50. The molecule has 0 amide bonds. The molecule has 108 valence electrons. The third kappa shape index (κ3) is 4.10. The van der Waals surface area contributed by atoms with Gasteiger partial charge in [-0.15, -0.1) is 11.6 Å². The zero-order chi connectivity index (χ0) is 14.4. The maximum atomic E-state index is 6.13. The smallest absolute Gasteiger partial charge is 0.133 e. The number of rotatable bonds is 7. The fourth-order valence-electron chi connectivity index (χ4n) is 2.49. The van der Waals surface area contributed by atoms with Gasteiger partial charge in [0.1, 0.15) is 5.82 Å². The maximum Gasteiger partial charge on any atom is 0.133 e. The highest BCUT2D eigenvalue weighted by atomic mass is 35.5. The Labute approximate surface area is 123 Å². The number of nitrogens with zero attached hydrogens (tertiary/aromatic N) is 2. The van der Waals surface area contributed by atoms with Crippen molar-refractivity contribution in [3.05, 3.63) is 22.9 Å². The molecule has 0 radical (unpaired) electrons. The number of aryl methyl sites for hydroxylation is 2. The minimum atomic E-state index is 0.536. The highest BCUT2D eigenvalue weighted by molar-refractivity contribution is 6.17. The topological polar surface area (TPSA) is 16.1 Å². The van der Waals surface area contributed by atoms with Gasteiger partial charge in [-0.05, 0) is 38.3 Å². The van der Waals surface area contributed by atoms with Gasteiger partial charge in [0.25, 0.3) is 0 Å². The van der Waals surface area contributed by atoms with Crippen LogP contribution in [0.15, 0.2) is 6.07 Å². The molecule has 0 saturated carbocycles. The number of hydrogen-bond donors (Lipinski definition) is 0. The Morgan fingerprint density at radius 3 is 2.32 bits per heavy atom. The first-order valence-electron chi connectivity index (χ1n) is 7.35. The van der Waals surface area contributed by atoms with Crippen molar-refractivity contribution in [1.82, 2.24) is 4.98 Å². The van der Waals surface area contributed by atoms with Gasteiger partial charge in [0, 0.05) is 24.3 Å². The average Bonchev–Trinajstić information content (AvgIpc) is 2.39. The molecule has 0 fully saturated rings. The average molecular weight is 283 g/mol. The van der Waals surface area contributed by atoms with E-state index >= 15 is 0 Å². The van der Waals surface area contributed by atoms with E-state index in [1.165, 1.54) is 24.0 Å². The first kappa shape index (κ1) is 16.3. The zero-order valence-electron chi connectivity index (χ0n) is 13.0. The fourth-order valence-corrected chi connectivity index (χ4v) is 2.82. The number of anilines is 1. The molecule has 0 aliphatic carbocycles. The molecule has 1 aromatic rings. The number of hydrogen-bond acceptors (Lipinski definition) is 2. The molecule has 0 spiro atoms. The van der Waals surface area contributed by atoms with E-state index in [9.17, 15) is 0 Å². The molecule has 0 aliphatic heterocycles. The highest BCUT2D eigenvalue weighted by Crippen LogP contribution is 2.26. The van der Waals surface area contributed by atoms with Gasteiger partial charge in [0.15, 0.2) is 0 Å². The monoisotopic (exact) mass is 282 g/mol. The Hall–Kier alpha value is -0.760. The van der Waals surface area contributed by atoms with Crippen LogP contribution in [0.5, 0.6) is 0 Å². The second kappa shape index (κ2) is 7.74. The summed E-state index contributed by atoms with van der Waals surface area (Å²) in [6.45, 7) is 13.0. The molecule has 0 aliphatic rings. The molecular formula is C16H27ClN2. The molecule has 1 heterocycles. The van der Waals surface area contributed by atoms with Crippen LogP contribution in [0.2, 0.25) is 0 Å². The van der Waals surface area contributed by atoms with E-state index in [1.54, 1.807) is 0 Å². The molecule has 1 rings (SSSR count). The molecule has 3 heteroatoms. The molecule has 0 aromatic carbocycles. The Morgan fingerprint density at radius 1 is 1.21 bits per heavy atom. The van der Waals surface area contributed by atoms with Gasteiger partial charge in [-0.1, -0.05) is 26.7 Å². The lowest BCUT2D eigenvalue weighted by atomic mass is 10.0. The van der Waals surface area contributed by atoms with Gasteiger partial charge < -0.3 is 4.90 Å². The van der Waals surface area contributed by atoms with Crippen LogP contribution >= 0.6 is 11.6 Å². The van der Waals surface area contributed by atoms with E-state index in [-0.39, 0.29) is 0 Å². The summed E-state index contributed by atoms with van der Waals surface area (Å²) in [5, 5.41) is 0. The number of halogens is 1. The summed E-state index contributed by atoms with van der Waals surface area (Å²) in [4.78, 5) is 7.12. The molecule has 0 unspecified atom stereocenters. The lowest BCUT2D eigenvalue weighted by Crippen LogP contribution is -2.31. The summed E-state index contributed by atoms with van der Waals surface area (Å²) in [5.74, 6) is 2.35. The standard InChI is InChI=1S/C16H27ClN2/c1-6-14(7-2)11-19(8-3)16-15(10-17)12(4)9-13(5)18-16/h9,14H,6-8,10-11H2,1-5H3. The van der Waals surface area contributed by atoms with Crippen molar-refractivity contribution < 1.29 is 0 Å². The summed E-state index contributed by atoms with van der Waals surface area (Å²) >= 11 is 6.13. The number of alkyl halides is 1. The first-order valence-corrected chi connectivity index (χ1v) is 7.88. The van der Waals surface area contributed by atoms with Gasteiger partial charge in [-0.25, -0.2) is 4.98 Å². The van der Waals surface area contributed by atoms with Crippen molar-refractivity contribution >= 4 is 17.4 Å². The van der Waals surface area contributed by atoms with E-state index in [0.29, 0.717) is 5.88 Å². The van der Waals surface area contributed by atoms with Crippen molar-refractivity contribution in [2.24, 2.45) is 5.92 Å². The Balaban J connectivity index is 3.09. The van der Waals surface area contributed by atoms with Crippen molar-refractivity contribution in [2.45, 2.75) is 53.3 Å². The largest absolute Gasteiger partial charge is 0.356 e. The lowest BCUT2D eigenvalue weighted by molar-refractivity contribution is 0.484. The molecule has 0 atom stereocenters. The summed E-state index contributed by atoms with van der Waals surface area (Å²) < 4.78 is 0. The van der Waals surface area contributed by atoms with Crippen molar-refractivity contribution in [3.8, 4) is 0 Å². The zero-order valence-corrected chi connectivity index (χ0v) is 13.7. The van der Waals surface area contributed by atoms with Gasteiger partial charge in [-0.2, -0.15) is 0 Å². The SMILES string of the molecule is CCC(CC)CN(CC)c1nc(C)cc(C)c1CCl. The fraction of sp³-hybridized carbons (Fsp3) is 0.688. The Morgan fingerprint density at radius 2 is 1.84 bits per heavy atom. The molecule has 0 saturated heterocycles. The number of aromatic nitrogens is 1. The minimum absolute atomic E-state index is 0.536. The van der Waals surface area contributed by atoms with Crippen LogP contribution in [-0.2, 0) is 5.88 Å². The second-order valence-electron chi connectivity index (χ2n) is 5.24. The van der Waals surface area contributed by atoms with Crippen molar-refractivity contribution in [3.63, 3.8) is 0 Å². The maximum absolute atomic E-state index is 6.13. The third-order valence-electron chi connectivity index (χ3n) is 3.90. The lowest BCUT2D eigenvalue weighted by Gasteiger charge is -2.29. The Bertz CT molecular complexity index is 400. The molecule has 2 nitrogen and oxygen atoms in total. The first-order chi connectivity index (χ1) is 9.07. The van der Waals surface area contributed by atoms with Gasteiger partial charge in [0.2, 0.25) is 0 Å². The van der Waals surface area contributed by atoms with Crippen LogP contribution < -0.4 is 4.90 Å². The van der Waals surface area contributed by atoms with Gasteiger partial charge in [-0.3, -0.25) is 0 Å². The third-order valence-corrected chi connectivity index (χ3v) is 4.17. The molecular weight excluding hydrogens is 256 g/mol. The Kier molecular flexibility index (Phi) is 6.64. The van der Waals surface area contributed by atoms with Gasteiger partial charge >= 0.3 is 0 Å². The van der Waals surface area contributed by atoms with Crippen molar-refractivity contribution in [2.75, 3.05) is 18.0 Å². The summed E-state index contributed by atoms with van der Waals surface area (Å²) in [7, 11) is 0. The van der Waals surface area contributed by atoms with E-state index in [2.05, 4.69) is 45.6 Å². The predicted octanol–water partition coefficient (Wildman–Crippen LogP) is 4.70. The van der Waals surface area contributed by atoms with Crippen LogP contribution in [0.25, 0.3) is 0 Å². The van der Waals surface area contributed by atoms with Crippen LogP contribution in [0, 0.1) is 19.8 Å². The normalized spacial score (nSPS) is 11.1. The molecule has 1 aromatic heterocycles. The second-order valence-corrected chi connectivity index (χ2v) is 5.50. The minimum Gasteiger partial charge on any atom is -0.356 e. The van der Waals surface area contributed by atoms with Gasteiger partial charge in [0.05, 0.1) is 5.88 Å². The van der Waals surface area contributed by atoms with Crippen LogP contribution in [0.1, 0.15) is 50.4 Å². The number of pyridine rings is 1. The van der Waals surface area contributed by atoms with E-state index < -0.39 is 0 Å². The molecule has 0 bridgehead atoms. The highest BCUT2D eigenvalue weighted by Gasteiger charge is 2.16. The van der Waals surface area contributed by atoms with Crippen LogP contribution in [-0.4, -0.2) is 18.1 Å². The van der Waals surface area contributed by atoms with E-state index in [1.807, 2.05) is 0 Å². The summed E-state index contributed by atoms with van der Waals surface area (Å²) in [6.07, 6.45) is 2.43. The molecule has 0 N–H and O–H groups in total. The summed E-state index contributed by atoms with van der Waals surface area (Å²) in [6, 6.07) is 2.12. The predicted molar refractivity (Wildman–Crippen MR) is 85.2 cm³/mol. The molecule has 19 heavy (non-hydrogen) atoms.